The minimum absolute atomic E-state index is 0. The fourth-order valence-corrected chi connectivity index (χ4v) is 4.55. The van der Waals surface area contributed by atoms with Crippen molar-refractivity contribution in [3.05, 3.63) is 71.3 Å². The zero-order chi connectivity index (χ0) is 20.1. The number of carbonyl (C=O) groups excluding carboxylic acids is 1. The van der Waals surface area contributed by atoms with E-state index in [0.717, 1.165) is 45.4 Å². The molecule has 0 bridgehead atoms. The number of likely N-dealkylation sites (tertiary alicyclic amines) is 1. The van der Waals surface area contributed by atoms with Crippen LogP contribution in [0.4, 0.5) is 4.79 Å². The van der Waals surface area contributed by atoms with Crippen LogP contribution in [-0.4, -0.2) is 59.8 Å². The summed E-state index contributed by atoms with van der Waals surface area (Å²) in [5.74, 6) is 0.397. The van der Waals surface area contributed by atoms with Crippen LogP contribution in [0.3, 0.4) is 0 Å². The number of piperidine rings is 1. The van der Waals surface area contributed by atoms with Crippen molar-refractivity contribution >= 4 is 33.0 Å². The van der Waals surface area contributed by atoms with E-state index >= 15 is 0 Å². The summed E-state index contributed by atoms with van der Waals surface area (Å²) >= 11 is 0. The van der Waals surface area contributed by atoms with E-state index < -0.39 is 6.10 Å². The average molecular weight is 462 g/mol. The fourth-order valence-electron chi connectivity index (χ4n) is 4.55. The molecule has 2 aliphatic rings. The molecule has 0 unspecified atom stereocenters. The van der Waals surface area contributed by atoms with Gasteiger partial charge in [-0.25, -0.2) is 4.79 Å². The van der Waals surface area contributed by atoms with Crippen molar-refractivity contribution < 1.29 is 9.90 Å². The van der Waals surface area contributed by atoms with Crippen LogP contribution in [0.25, 0.3) is 0 Å². The van der Waals surface area contributed by atoms with Crippen molar-refractivity contribution in [1.29, 1.82) is 0 Å². The smallest absolute Gasteiger partial charge is 0.317 e. The summed E-state index contributed by atoms with van der Waals surface area (Å²) in [6.45, 7) is 4.23. The van der Waals surface area contributed by atoms with E-state index in [2.05, 4.69) is 58.7 Å². The Labute approximate surface area is 199 Å². The molecule has 1 fully saturated rings. The molecule has 1 saturated heterocycles. The van der Waals surface area contributed by atoms with Crippen LogP contribution in [0.2, 0.25) is 0 Å². The third-order valence-electron chi connectivity index (χ3n) is 6.15. The summed E-state index contributed by atoms with van der Waals surface area (Å²) in [6, 6.07) is 18.9. The molecule has 2 aliphatic heterocycles. The van der Waals surface area contributed by atoms with E-state index in [0.29, 0.717) is 19.0 Å². The monoisotopic (exact) mass is 461 g/mol. The summed E-state index contributed by atoms with van der Waals surface area (Å²) in [4.78, 5) is 16.8. The van der Waals surface area contributed by atoms with E-state index in [4.69, 9.17) is 0 Å². The molecule has 2 heterocycles. The largest absolute Gasteiger partial charge is 0.390 e. The second-order valence-electron chi connectivity index (χ2n) is 8.29. The molecule has 31 heavy (non-hydrogen) atoms. The Morgan fingerprint density at radius 1 is 1.03 bits per heavy atom. The minimum Gasteiger partial charge on any atom is -0.390 e. The Morgan fingerprint density at radius 2 is 1.74 bits per heavy atom. The number of nitrogens with one attached hydrogen (secondary N) is 1. The topological polar surface area (TPSA) is 55.8 Å². The van der Waals surface area contributed by atoms with Gasteiger partial charge in [0.05, 0.1) is 6.10 Å². The zero-order valence-electron chi connectivity index (χ0n) is 18.0. The van der Waals surface area contributed by atoms with Crippen molar-refractivity contribution in [2.45, 2.75) is 37.8 Å². The summed E-state index contributed by atoms with van der Waals surface area (Å²) in [7, 11) is 0. The molecule has 0 saturated carbocycles. The Kier molecular flexibility index (Phi) is 10.2. The predicted molar refractivity (Wildman–Crippen MR) is 136 cm³/mol. The number of fused-ring (bicyclic) bond motifs is 1. The number of aliphatic hydroxyl groups excluding tert-OH is 1. The van der Waals surface area contributed by atoms with Gasteiger partial charge in [-0.1, -0.05) is 54.6 Å². The van der Waals surface area contributed by atoms with Crippen molar-refractivity contribution in [3.63, 3.8) is 0 Å². The van der Waals surface area contributed by atoms with Crippen LogP contribution in [0.1, 0.15) is 35.4 Å². The lowest BCUT2D eigenvalue weighted by molar-refractivity contribution is 0.102. The van der Waals surface area contributed by atoms with Crippen LogP contribution < -0.4 is 5.32 Å². The molecule has 4 rings (SSSR count). The number of hydrogen-bond donors (Lipinski definition) is 2. The maximum atomic E-state index is 12.6. The molecule has 0 radical (unpaired) electrons. The Morgan fingerprint density at radius 3 is 2.52 bits per heavy atom. The van der Waals surface area contributed by atoms with E-state index in [-0.39, 0.29) is 33.0 Å². The SMILES string of the molecule is O=C(NC[C@H](O)CN1CCc2ccccc2C1)N1CCC[C@@H](c2ccccc2)C1.S.S. The molecule has 170 valence electrons. The lowest BCUT2D eigenvalue weighted by Crippen LogP contribution is -2.48. The maximum absolute atomic E-state index is 12.6. The van der Waals surface area contributed by atoms with Crippen molar-refractivity contribution in [1.82, 2.24) is 15.1 Å². The van der Waals surface area contributed by atoms with Gasteiger partial charge in [0.25, 0.3) is 0 Å². The lowest BCUT2D eigenvalue weighted by atomic mass is 9.91. The highest BCUT2D eigenvalue weighted by molar-refractivity contribution is 7.59. The lowest BCUT2D eigenvalue weighted by Gasteiger charge is -2.34. The van der Waals surface area contributed by atoms with Crippen LogP contribution in [-0.2, 0) is 13.0 Å². The van der Waals surface area contributed by atoms with Gasteiger partial charge in [-0.05, 0) is 36.0 Å². The second kappa shape index (κ2) is 12.4. The van der Waals surface area contributed by atoms with Crippen molar-refractivity contribution in [2.24, 2.45) is 0 Å². The zero-order valence-corrected chi connectivity index (χ0v) is 20.0. The molecule has 2 atom stereocenters. The van der Waals surface area contributed by atoms with Crippen LogP contribution in [0.5, 0.6) is 0 Å². The van der Waals surface area contributed by atoms with Gasteiger partial charge in [-0.15, -0.1) is 0 Å². The van der Waals surface area contributed by atoms with Gasteiger partial charge in [0, 0.05) is 45.2 Å². The maximum Gasteiger partial charge on any atom is 0.317 e. The first kappa shape index (κ1) is 25.6. The molecular weight excluding hydrogens is 426 g/mol. The predicted octanol–water partition coefficient (Wildman–Crippen LogP) is 3.22. The molecule has 2 aromatic carbocycles. The molecule has 2 amide bonds. The first-order valence-electron chi connectivity index (χ1n) is 10.7. The van der Waals surface area contributed by atoms with Gasteiger partial charge in [-0.3, -0.25) is 4.90 Å². The molecule has 5 nitrogen and oxygen atoms in total. The molecular formula is C24H35N3O2S2. The summed E-state index contributed by atoms with van der Waals surface area (Å²) in [5.41, 5.74) is 4.05. The number of amides is 2. The van der Waals surface area contributed by atoms with E-state index in [9.17, 15) is 9.90 Å². The van der Waals surface area contributed by atoms with Gasteiger partial charge >= 0.3 is 6.03 Å². The van der Waals surface area contributed by atoms with Gasteiger partial charge in [0.15, 0.2) is 0 Å². The summed E-state index contributed by atoms with van der Waals surface area (Å²) in [5, 5.41) is 13.4. The first-order valence-corrected chi connectivity index (χ1v) is 10.7. The first-order chi connectivity index (χ1) is 14.2. The number of aliphatic hydroxyl groups is 1. The Bertz CT molecular complexity index is 821. The third kappa shape index (κ3) is 6.91. The normalized spacial score (nSPS) is 19.4. The summed E-state index contributed by atoms with van der Waals surface area (Å²) < 4.78 is 0. The molecule has 7 heteroatoms. The highest BCUT2D eigenvalue weighted by Gasteiger charge is 2.25. The molecule has 2 aromatic rings. The quantitative estimate of drug-likeness (QED) is 0.719. The number of urea groups is 1. The number of carbonyl (C=O) groups is 1. The number of nitrogens with zero attached hydrogens (tertiary/aromatic N) is 2. The highest BCUT2D eigenvalue weighted by atomic mass is 32.1. The van der Waals surface area contributed by atoms with Crippen LogP contribution in [0, 0.1) is 0 Å². The average Bonchev–Trinajstić information content (AvgIpc) is 2.78. The highest BCUT2D eigenvalue weighted by Crippen LogP contribution is 2.26. The van der Waals surface area contributed by atoms with Gasteiger partial charge in [0.1, 0.15) is 0 Å². The third-order valence-corrected chi connectivity index (χ3v) is 6.15. The van der Waals surface area contributed by atoms with Crippen LogP contribution in [0.15, 0.2) is 54.6 Å². The fraction of sp³-hybridized carbons (Fsp3) is 0.458. The van der Waals surface area contributed by atoms with E-state index in [1.165, 1.54) is 16.7 Å². The molecule has 0 aromatic heterocycles. The second-order valence-corrected chi connectivity index (χ2v) is 8.29. The van der Waals surface area contributed by atoms with Gasteiger partial charge < -0.3 is 15.3 Å². The molecule has 0 aliphatic carbocycles. The van der Waals surface area contributed by atoms with E-state index in [1.807, 2.05) is 11.0 Å². The number of β-amino-alcohol motifs (C(OH)–C–C–N with tert-alkyl or cyclic N) is 1. The van der Waals surface area contributed by atoms with Gasteiger partial charge in [0.2, 0.25) is 0 Å². The number of hydrogen-bond acceptors (Lipinski definition) is 3. The molecule has 0 spiro atoms. The van der Waals surface area contributed by atoms with Crippen molar-refractivity contribution in [3.8, 4) is 0 Å². The number of benzene rings is 2. The van der Waals surface area contributed by atoms with E-state index in [1.54, 1.807) is 0 Å². The summed E-state index contributed by atoms with van der Waals surface area (Å²) in [6.07, 6.45) is 2.60. The minimum atomic E-state index is -0.557. The van der Waals surface area contributed by atoms with Gasteiger partial charge in [-0.2, -0.15) is 27.0 Å². The Hall–Kier alpha value is -1.67. The standard InChI is InChI=1S/C24H31N3O2.2H2S/c28-23(18-26-14-12-20-9-4-5-10-21(20)16-26)15-25-24(29)27-13-6-11-22(17-27)19-7-2-1-3-8-19;;/h1-5,7-10,22-23,28H,6,11-18H2,(H,25,29);2*1H2/t22-,23+;;/m1../s1. The van der Waals surface area contributed by atoms with Crippen molar-refractivity contribution in [2.75, 3.05) is 32.7 Å². The number of rotatable bonds is 5. The Balaban J connectivity index is 0.00000171. The van der Waals surface area contributed by atoms with Crippen LogP contribution >= 0.6 is 27.0 Å². The molecule has 2 N–H and O–H groups in total.